The number of furan rings is 1. The summed E-state index contributed by atoms with van der Waals surface area (Å²) in [6, 6.07) is 2.90. The van der Waals surface area contributed by atoms with Gasteiger partial charge in [0.2, 0.25) is 11.8 Å². The highest BCUT2D eigenvalue weighted by Crippen LogP contribution is 2.48. The van der Waals surface area contributed by atoms with Crippen molar-refractivity contribution in [1.82, 2.24) is 10.2 Å². The summed E-state index contributed by atoms with van der Waals surface area (Å²) < 4.78 is 10.2. The quantitative estimate of drug-likeness (QED) is 0.645. The number of esters is 1. The van der Waals surface area contributed by atoms with E-state index in [1.165, 1.54) is 18.3 Å². The van der Waals surface area contributed by atoms with Crippen LogP contribution in [-0.2, 0) is 19.1 Å². The predicted molar refractivity (Wildman–Crippen MR) is 74.4 cm³/mol. The Bertz CT molecular complexity index is 626. The van der Waals surface area contributed by atoms with E-state index in [-0.39, 0.29) is 18.4 Å². The number of ether oxygens (including phenoxy) is 1. The number of imide groups is 1. The fraction of sp³-hybridized carbons (Fsp3) is 0.533. The maximum absolute atomic E-state index is 12.6. The van der Waals surface area contributed by atoms with E-state index in [0.717, 1.165) is 0 Å². The van der Waals surface area contributed by atoms with Crippen molar-refractivity contribution in [1.29, 1.82) is 0 Å². The molecular formula is C15H18N2O5. The monoisotopic (exact) mass is 306 g/mol. The minimum atomic E-state index is -1.26. The van der Waals surface area contributed by atoms with E-state index >= 15 is 0 Å². The Balaban J connectivity index is 2.09. The van der Waals surface area contributed by atoms with Crippen LogP contribution in [0.15, 0.2) is 22.8 Å². The summed E-state index contributed by atoms with van der Waals surface area (Å²) in [5.74, 6) is -2.10. The highest BCUT2D eigenvalue weighted by Gasteiger charge is 2.67. The first-order chi connectivity index (χ1) is 10.5. The van der Waals surface area contributed by atoms with Gasteiger partial charge in [0.25, 0.3) is 0 Å². The second kappa shape index (κ2) is 4.95. The van der Waals surface area contributed by atoms with Crippen molar-refractivity contribution in [3.05, 3.63) is 24.2 Å². The SMILES string of the molecule is CCN1C(=O)[C@@H]2[C@@H](c3ccco3)N[C@@](C)(C(=O)OC)[C@@H]2C1=O. The Hall–Kier alpha value is -2.15. The minimum Gasteiger partial charge on any atom is -0.468 e. The molecule has 2 saturated heterocycles. The van der Waals surface area contributed by atoms with E-state index < -0.39 is 29.4 Å². The van der Waals surface area contributed by atoms with Crippen LogP contribution in [0, 0.1) is 11.8 Å². The van der Waals surface area contributed by atoms with Gasteiger partial charge in [0, 0.05) is 6.54 Å². The molecule has 0 aromatic carbocycles. The predicted octanol–water partition coefficient (Wildman–Crippen LogP) is 0.477. The first kappa shape index (κ1) is 14.8. The van der Waals surface area contributed by atoms with Crippen molar-refractivity contribution in [2.24, 2.45) is 11.8 Å². The smallest absolute Gasteiger partial charge is 0.326 e. The molecule has 1 aromatic rings. The number of nitrogens with one attached hydrogen (secondary N) is 1. The standard InChI is InChI=1S/C15H18N2O5/c1-4-17-12(18)9-10(13(17)19)15(2,14(20)21-3)16-11(9)8-6-5-7-22-8/h5-7,9-11,16H,4H2,1-3H3/t9-,10-,11+,15+/m0/s1. The van der Waals surface area contributed by atoms with Crippen LogP contribution in [0.3, 0.4) is 0 Å². The molecule has 3 rings (SSSR count). The summed E-state index contributed by atoms with van der Waals surface area (Å²) in [6.07, 6.45) is 1.50. The van der Waals surface area contributed by atoms with E-state index in [1.807, 2.05) is 0 Å². The summed E-state index contributed by atoms with van der Waals surface area (Å²) in [5, 5.41) is 3.09. The number of fused-ring (bicyclic) bond motifs is 1. The van der Waals surface area contributed by atoms with E-state index in [4.69, 9.17) is 9.15 Å². The number of carbonyl (C=O) groups excluding carboxylic acids is 3. The molecule has 118 valence electrons. The maximum atomic E-state index is 12.6. The molecule has 0 bridgehead atoms. The lowest BCUT2D eigenvalue weighted by Crippen LogP contribution is -2.53. The lowest BCUT2D eigenvalue weighted by atomic mass is 9.81. The topological polar surface area (TPSA) is 88.8 Å². The molecule has 0 unspecified atom stereocenters. The van der Waals surface area contributed by atoms with Crippen LogP contribution >= 0.6 is 0 Å². The second-order valence-corrected chi connectivity index (χ2v) is 5.76. The van der Waals surface area contributed by atoms with Crippen molar-refractivity contribution >= 4 is 17.8 Å². The lowest BCUT2D eigenvalue weighted by molar-refractivity contribution is -0.153. The van der Waals surface area contributed by atoms with Crippen molar-refractivity contribution in [2.75, 3.05) is 13.7 Å². The third-order valence-electron chi connectivity index (χ3n) is 4.65. The molecule has 22 heavy (non-hydrogen) atoms. The van der Waals surface area contributed by atoms with Gasteiger partial charge in [-0.1, -0.05) is 0 Å². The van der Waals surface area contributed by atoms with Crippen molar-refractivity contribution < 1.29 is 23.5 Å². The Kier molecular flexibility index (Phi) is 3.32. The average Bonchev–Trinajstić information content (AvgIpc) is 3.17. The molecular weight excluding hydrogens is 288 g/mol. The van der Waals surface area contributed by atoms with Crippen molar-refractivity contribution in [2.45, 2.75) is 25.4 Å². The summed E-state index contributed by atoms with van der Waals surface area (Å²) in [5.41, 5.74) is -1.26. The van der Waals surface area contributed by atoms with Crippen LogP contribution in [0.4, 0.5) is 0 Å². The van der Waals surface area contributed by atoms with Crippen molar-refractivity contribution in [3.8, 4) is 0 Å². The van der Waals surface area contributed by atoms with Gasteiger partial charge < -0.3 is 9.15 Å². The number of nitrogens with zero attached hydrogens (tertiary/aromatic N) is 1. The molecule has 0 radical (unpaired) electrons. The number of hydrogen-bond acceptors (Lipinski definition) is 6. The molecule has 2 aliphatic rings. The number of carbonyl (C=O) groups is 3. The highest BCUT2D eigenvalue weighted by molar-refractivity contribution is 6.09. The third kappa shape index (κ3) is 1.75. The fourth-order valence-corrected chi connectivity index (χ4v) is 3.62. The molecule has 2 amide bonds. The number of methoxy groups -OCH3 is 1. The van der Waals surface area contributed by atoms with Crippen LogP contribution in [0.25, 0.3) is 0 Å². The summed E-state index contributed by atoms with van der Waals surface area (Å²) >= 11 is 0. The molecule has 0 aliphatic carbocycles. The average molecular weight is 306 g/mol. The normalized spacial score (nSPS) is 34.1. The maximum Gasteiger partial charge on any atom is 0.326 e. The van der Waals surface area contributed by atoms with Crippen LogP contribution in [0.1, 0.15) is 25.6 Å². The molecule has 2 fully saturated rings. The minimum absolute atomic E-state index is 0.279. The van der Waals surface area contributed by atoms with Gasteiger partial charge in [0.05, 0.1) is 31.3 Å². The zero-order valence-electron chi connectivity index (χ0n) is 12.7. The molecule has 7 nitrogen and oxygen atoms in total. The number of amides is 2. The number of rotatable bonds is 3. The van der Waals surface area contributed by atoms with Gasteiger partial charge in [0.15, 0.2) is 0 Å². The summed E-state index contributed by atoms with van der Waals surface area (Å²) in [4.78, 5) is 38.7. The Morgan fingerprint density at radius 3 is 2.73 bits per heavy atom. The molecule has 3 heterocycles. The van der Waals surface area contributed by atoms with Gasteiger partial charge in [-0.25, -0.2) is 0 Å². The number of likely N-dealkylation sites (tertiary alicyclic amines) is 1. The van der Waals surface area contributed by atoms with E-state index in [2.05, 4.69) is 5.32 Å². The van der Waals surface area contributed by atoms with Crippen LogP contribution in [0.2, 0.25) is 0 Å². The first-order valence-corrected chi connectivity index (χ1v) is 7.20. The fourth-order valence-electron chi connectivity index (χ4n) is 3.62. The Labute approximate surface area is 127 Å². The van der Waals surface area contributed by atoms with Crippen molar-refractivity contribution in [3.63, 3.8) is 0 Å². The van der Waals surface area contributed by atoms with Gasteiger partial charge in [-0.2, -0.15) is 0 Å². The van der Waals surface area contributed by atoms with Gasteiger partial charge in [-0.05, 0) is 26.0 Å². The van der Waals surface area contributed by atoms with E-state index in [0.29, 0.717) is 5.76 Å². The Morgan fingerprint density at radius 1 is 1.45 bits per heavy atom. The largest absolute Gasteiger partial charge is 0.468 e. The zero-order chi connectivity index (χ0) is 16.1. The van der Waals surface area contributed by atoms with Crippen LogP contribution in [-0.4, -0.2) is 41.9 Å². The lowest BCUT2D eigenvalue weighted by Gasteiger charge is -2.27. The first-order valence-electron chi connectivity index (χ1n) is 7.20. The summed E-state index contributed by atoms with van der Waals surface area (Å²) in [6.45, 7) is 3.62. The second-order valence-electron chi connectivity index (χ2n) is 5.76. The van der Waals surface area contributed by atoms with Crippen LogP contribution < -0.4 is 5.32 Å². The molecule has 0 spiro atoms. The van der Waals surface area contributed by atoms with Gasteiger partial charge in [-0.15, -0.1) is 0 Å². The summed E-state index contributed by atoms with van der Waals surface area (Å²) in [7, 11) is 1.27. The third-order valence-corrected chi connectivity index (χ3v) is 4.65. The molecule has 4 atom stereocenters. The zero-order valence-corrected chi connectivity index (χ0v) is 12.7. The number of hydrogen-bond donors (Lipinski definition) is 1. The van der Waals surface area contributed by atoms with Gasteiger partial charge in [-0.3, -0.25) is 24.6 Å². The highest BCUT2D eigenvalue weighted by atomic mass is 16.5. The molecule has 7 heteroatoms. The van der Waals surface area contributed by atoms with Gasteiger partial charge in [0.1, 0.15) is 11.3 Å². The molecule has 1 aromatic heterocycles. The van der Waals surface area contributed by atoms with Gasteiger partial charge >= 0.3 is 5.97 Å². The molecule has 0 saturated carbocycles. The van der Waals surface area contributed by atoms with E-state index in [1.54, 1.807) is 26.0 Å². The van der Waals surface area contributed by atoms with E-state index in [9.17, 15) is 14.4 Å². The Morgan fingerprint density at radius 2 is 2.18 bits per heavy atom. The molecule has 1 N–H and O–H groups in total. The van der Waals surface area contributed by atoms with Crippen LogP contribution in [0.5, 0.6) is 0 Å². The molecule has 2 aliphatic heterocycles.